The largest absolute Gasteiger partial charge is 0.332 e. The molecule has 0 spiro atoms. The van der Waals surface area contributed by atoms with Crippen LogP contribution in [0.25, 0.3) is 0 Å². The zero-order valence-electron chi connectivity index (χ0n) is 18.3. The van der Waals surface area contributed by atoms with Crippen LogP contribution >= 0.6 is 0 Å². The van der Waals surface area contributed by atoms with Gasteiger partial charge in [-0.1, -0.05) is 24.6 Å². The van der Waals surface area contributed by atoms with Crippen molar-refractivity contribution in [2.45, 2.75) is 63.6 Å². The molecule has 0 saturated carbocycles. The monoisotopic (exact) mass is 439 g/mol. The maximum absolute atomic E-state index is 13.3. The Bertz CT molecular complexity index is 1070. The van der Waals surface area contributed by atoms with E-state index in [0.717, 1.165) is 24.8 Å². The number of carbonyl (C=O) groups excluding carboxylic acids is 1. The Hall–Kier alpha value is -2.69. The molecular formula is C24H29N3O3S. The number of hydrogen-bond donors (Lipinski definition) is 0. The molecule has 7 heteroatoms. The van der Waals surface area contributed by atoms with E-state index in [1.54, 1.807) is 39.5 Å². The van der Waals surface area contributed by atoms with Gasteiger partial charge in [0.1, 0.15) is 0 Å². The van der Waals surface area contributed by atoms with Crippen molar-refractivity contribution in [2.75, 3.05) is 6.54 Å². The number of sulfonamides is 1. The van der Waals surface area contributed by atoms with Crippen LogP contribution in [-0.4, -0.2) is 42.2 Å². The van der Waals surface area contributed by atoms with E-state index >= 15 is 0 Å². The first kappa shape index (κ1) is 23.0. The van der Waals surface area contributed by atoms with Crippen molar-refractivity contribution in [3.05, 3.63) is 65.2 Å². The van der Waals surface area contributed by atoms with Crippen molar-refractivity contribution in [2.24, 2.45) is 0 Å². The Kier molecular flexibility index (Phi) is 7.14. The molecule has 2 aromatic rings. The lowest BCUT2D eigenvalue weighted by Gasteiger charge is -2.32. The summed E-state index contributed by atoms with van der Waals surface area (Å²) in [7, 11) is -3.65. The van der Waals surface area contributed by atoms with Crippen LogP contribution in [0.2, 0.25) is 0 Å². The topological polar surface area (TPSA) is 81.5 Å². The van der Waals surface area contributed by atoms with Gasteiger partial charge < -0.3 is 4.90 Å². The lowest BCUT2D eigenvalue weighted by molar-refractivity contribution is 0.0690. The number of piperidine rings is 1. The predicted molar refractivity (Wildman–Crippen MR) is 120 cm³/mol. The summed E-state index contributed by atoms with van der Waals surface area (Å²) in [4.78, 5) is 15.2. The molecule has 0 bridgehead atoms. The molecular weight excluding hydrogens is 410 g/mol. The highest BCUT2D eigenvalue weighted by Crippen LogP contribution is 2.26. The van der Waals surface area contributed by atoms with Crippen molar-refractivity contribution < 1.29 is 13.2 Å². The Labute approximate surface area is 185 Å². The maximum atomic E-state index is 13.3. The van der Waals surface area contributed by atoms with Crippen LogP contribution in [0.1, 0.15) is 61.5 Å². The van der Waals surface area contributed by atoms with Gasteiger partial charge in [-0.05, 0) is 69.5 Å². The number of hydrogen-bond acceptors (Lipinski definition) is 4. The van der Waals surface area contributed by atoms with E-state index < -0.39 is 10.0 Å². The Morgan fingerprint density at radius 2 is 1.90 bits per heavy atom. The van der Waals surface area contributed by atoms with E-state index in [1.807, 2.05) is 32.9 Å². The minimum Gasteiger partial charge on any atom is -0.332 e. The zero-order valence-corrected chi connectivity index (χ0v) is 19.1. The van der Waals surface area contributed by atoms with E-state index in [0.29, 0.717) is 24.2 Å². The molecule has 3 rings (SSSR count). The minimum atomic E-state index is -3.65. The maximum Gasteiger partial charge on any atom is 0.254 e. The second-order valence-electron chi connectivity index (χ2n) is 8.32. The van der Waals surface area contributed by atoms with E-state index in [9.17, 15) is 13.2 Å². The van der Waals surface area contributed by atoms with Gasteiger partial charge in [0.15, 0.2) is 0 Å². The van der Waals surface area contributed by atoms with Gasteiger partial charge in [0.05, 0.1) is 16.5 Å². The van der Waals surface area contributed by atoms with Crippen LogP contribution in [-0.2, 0) is 16.6 Å². The summed E-state index contributed by atoms with van der Waals surface area (Å²) in [6, 6.07) is 15.4. The Morgan fingerprint density at radius 1 is 1.19 bits per heavy atom. The van der Waals surface area contributed by atoms with Crippen LogP contribution in [0.4, 0.5) is 0 Å². The van der Waals surface area contributed by atoms with Crippen molar-refractivity contribution >= 4 is 15.9 Å². The average molecular weight is 440 g/mol. The van der Waals surface area contributed by atoms with Crippen LogP contribution in [0.3, 0.4) is 0 Å². The minimum absolute atomic E-state index is 0.0401. The second kappa shape index (κ2) is 9.63. The third-order valence-corrected chi connectivity index (χ3v) is 7.76. The molecule has 164 valence electrons. The summed E-state index contributed by atoms with van der Waals surface area (Å²) in [6.45, 7) is 6.68. The summed E-state index contributed by atoms with van der Waals surface area (Å²) >= 11 is 0. The van der Waals surface area contributed by atoms with Crippen LogP contribution in [0.15, 0.2) is 53.4 Å². The standard InChI is InChI=1S/C24H29N3O3S/c1-18(2)26(17-21-12-10-20(16-25)11-13-21)24(28)22-8-6-9-23(15-22)31(29,30)27-14-5-4-7-19(27)3/h6,8-13,15,18-19H,4-5,7,14,17H2,1-3H3. The SMILES string of the molecule is CC(C)N(Cc1ccc(C#N)cc1)C(=O)c1cccc(S(=O)(=O)N2CCCCC2C)c1. The van der Waals surface area contributed by atoms with Gasteiger partial charge in [0, 0.05) is 30.7 Å². The first-order valence-electron chi connectivity index (χ1n) is 10.7. The Balaban J connectivity index is 1.86. The fourth-order valence-corrected chi connectivity index (χ4v) is 5.64. The fraction of sp³-hybridized carbons (Fsp3) is 0.417. The van der Waals surface area contributed by atoms with Crippen LogP contribution in [0.5, 0.6) is 0 Å². The van der Waals surface area contributed by atoms with E-state index in [2.05, 4.69) is 6.07 Å². The summed E-state index contributed by atoms with van der Waals surface area (Å²) in [6.07, 6.45) is 2.74. The number of amides is 1. The van der Waals surface area contributed by atoms with Gasteiger partial charge in [0.25, 0.3) is 5.91 Å². The molecule has 1 heterocycles. The number of carbonyl (C=O) groups is 1. The third-order valence-electron chi connectivity index (χ3n) is 5.75. The highest BCUT2D eigenvalue weighted by molar-refractivity contribution is 7.89. The lowest BCUT2D eigenvalue weighted by Crippen LogP contribution is -2.42. The molecule has 31 heavy (non-hydrogen) atoms. The smallest absolute Gasteiger partial charge is 0.254 e. The summed E-state index contributed by atoms with van der Waals surface area (Å²) in [5, 5.41) is 8.97. The van der Waals surface area contributed by atoms with Gasteiger partial charge >= 0.3 is 0 Å². The number of benzene rings is 2. The molecule has 2 aromatic carbocycles. The first-order chi connectivity index (χ1) is 14.7. The second-order valence-corrected chi connectivity index (χ2v) is 10.2. The van der Waals surface area contributed by atoms with Crippen molar-refractivity contribution in [1.82, 2.24) is 9.21 Å². The predicted octanol–water partition coefficient (Wildman–Crippen LogP) is 4.17. The van der Waals surface area contributed by atoms with Gasteiger partial charge in [-0.15, -0.1) is 0 Å². The highest BCUT2D eigenvalue weighted by Gasteiger charge is 2.31. The first-order valence-corrected chi connectivity index (χ1v) is 12.1. The summed E-state index contributed by atoms with van der Waals surface area (Å²) in [5.74, 6) is -0.219. The quantitative estimate of drug-likeness (QED) is 0.676. The van der Waals surface area contributed by atoms with Crippen LogP contribution < -0.4 is 0 Å². The zero-order chi connectivity index (χ0) is 22.6. The molecule has 0 aliphatic carbocycles. The number of nitrogens with zero attached hydrogens (tertiary/aromatic N) is 3. The molecule has 1 aliphatic rings. The highest BCUT2D eigenvalue weighted by atomic mass is 32.2. The van der Waals surface area contributed by atoms with Gasteiger partial charge in [-0.2, -0.15) is 9.57 Å². The van der Waals surface area contributed by atoms with E-state index in [-0.39, 0.29) is 22.9 Å². The normalized spacial score (nSPS) is 17.3. The van der Waals surface area contributed by atoms with Gasteiger partial charge in [-0.3, -0.25) is 4.79 Å². The molecule has 1 fully saturated rings. The molecule has 1 aliphatic heterocycles. The fourth-order valence-electron chi connectivity index (χ4n) is 3.89. The molecule has 0 N–H and O–H groups in total. The number of nitriles is 1. The van der Waals surface area contributed by atoms with E-state index in [1.165, 1.54) is 6.07 Å². The van der Waals surface area contributed by atoms with Crippen molar-refractivity contribution in [1.29, 1.82) is 5.26 Å². The van der Waals surface area contributed by atoms with Gasteiger partial charge in [-0.25, -0.2) is 8.42 Å². The van der Waals surface area contributed by atoms with Crippen molar-refractivity contribution in [3.63, 3.8) is 0 Å². The third kappa shape index (κ3) is 5.15. The molecule has 1 atom stereocenters. The lowest BCUT2D eigenvalue weighted by atomic mass is 10.1. The number of rotatable bonds is 6. The van der Waals surface area contributed by atoms with Gasteiger partial charge in [0.2, 0.25) is 10.0 Å². The van der Waals surface area contributed by atoms with E-state index in [4.69, 9.17) is 5.26 Å². The molecule has 1 unspecified atom stereocenters. The molecule has 1 saturated heterocycles. The Morgan fingerprint density at radius 3 is 2.52 bits per heavy atom. The summed E-state index contributed by atoms with van der Waals surface area (Å²) in [5.41, 5.74) is 1.83. The van der Waals surface area contributed by atoms with Crippen molar-refractivity contribution in [3.8, 4) is 6.07 Å². The molecule has 0 aromatic heterocycles. The molecule has 0 radical (unpaired) electrons. The van der Waals surface area contributed by atoms with Crippen LogP contribution in [0, 0.1) is 11.3 Å². The molecule has 6 nitrogen and oxygen atoms in total. The summed E-state index contributed by atoms with van der Waals surface area (Å²) < 4.78 is 28.0. The average Bonchev–Trinajstić information content (AvgIpc) is 2.77. The molecule has 1 amide bonds.